The van der Waals surface area contributed by atoms with Gasteiger partial charge >= 0.3 is 0 Å². The van der Waals surface area contributed by atoms with Gasteiger partial charge in [0.15, 0.2) is 5.78 Å². The van der Waals surface area contributed by atoms with Gasteiger partial charge in [0.1, 0.15) is 0 Å². The number of aromatic nitrogens is 3. The predicted molar refractivity (Wildman–Crippen MR) is 31.4 cm³/mol. The van der Waals surface area contributed by atoms with Crippen LogP contribution < -0.4 is 0 Å². The van der Waals surface area contributed by atoms with Gasteiger partial charge in [-0.15, -0.1) is 5.10 Å². The summed E-state index contributed by atoms with van der Waals surface area (Å²) >= 11 is 5.32. The first kappa shape index (κ1) is 6.22. The van der Waals surface area contributed by atoms with Gasteiger partial charge in [-0.2, -0.15) is 4.98 Å². The van der Waals surface area contributed by atoms with E-state index in [1.165, 1.54) is 6.92 Å². The van der Waals surface area contributed by atoms with Crippen molar-refractivity contribution in [3.05, 3.63) is 11.1 Å². The number of nitrogens with one attached hydrogen (secondary N) is 1. The smallest absolute Gasteiger partial charge is 0.218 e. The third-order valence-electron chi connectivity index (χ3n) is 0.773. The van der Waals surface area contributed by atoms with E-state index in [4.69, 9.17) is 11.6 Å². The summed E-state index contributed by atoms with van der Waals surface area (Å²) in [7, 11) is 0. The molecule has 4 nitrogen and oxygen atoms in total. The molecule has 48 valence electrons. The standard InChI is InChI=1S/C4H4ClN3O/c1-2(9)3-6-4(5)8-7-3/h1H3,(H,6,7,8). The maximum absolute atomic E-state index is 10.5. The molecule has 1 aromatic rings. The topological polar surface area (TPSA) is 58.6 Å². The van der Waals surface area contributed by atoms with Gasteiger partial charge in [-0.1, -0.05) is 0 Å². The molecule has 9 heavy (non-hydrogen) atoms. The zero-order valence-corrected chi connectivity index (χ0v) is 5.44. The SMILES string of the molecule is CC(=O)c1n[nH]c(Cl)n1. The second kappa shape index (κ2) is 2.14. The second-order valence-electron chi connectivity index (χ2n) is 1.51. The van der Waals surface area contributed by atoms with Crippen LogP contribution in [0.1, 0.15) is 17.5 Å². The summed E-state index contributed by atoms with van der Waals surface area (Å²) in [5.74, 6) is -0.0712. The molecule has 5 heteroatoms. The van der Waals surface area contributed by atoms with Crippen molar-refractivity contribution < 1.29 is 4.79 Å². The fourth-order valence-corrected chi connectivity index (χ4v) is 0.522. The van der Waals surface area contributed by atoms with Crippen LogP contribution in [-0.2, 0) is 0 Å². The molecule has 0 aliphatic heterocycles. The van der Waals surface area contributed by atoms with Crippen LogP contribution in [0.15, 0.2) is 0 Å². The molecule has 1 heterocycles. The lowest BCUT2D eigenvalue weighted by Gasteiger charge is -1.76. The van der Waals surface area contributed by atoms with Crippen LogP contribution in [-0.4, -0.2) is 21.0 Å². The summed E-state index contributed by atoms with van der Waals surface area (Å²) in [6.45, 7) is 1.37. The quantitative estimate of drug-likeness (QED) is 0.591. The van der Waals surface area contributed by atoms with E-state index >= 15 is 0 Å². The maximum Gasteiger partial charge on any atom is 0.218 e. The molecule has 0 fully saturated rings. The molecule has 0 aromatic carbocycles. The highest BCUT2D eigenvalue weighted by Gasteiger charge is 2.03. The highest BCUT2D eigenvalue weighted by atomic mass is 35.5. The number of aromatic amines is 1. The van der Waals surface area contributed by atoms with Crippen LogP contribution in [0.25, 0.3) is 0 Å². The molecule has 0 amide bonds. The summed E-state index contributed by atoms with van der Waals surface area (Å²) in [5.41, 5.74) is 0. The summed E-state index contributed by atoms with van der Waals surface area (Å²) in [6.07, 6.45) is 0. The molecule has 0 aliphatic carbocycles. The van der Waals surface area contributed by atoms with Gasteiger partial charge in [-0.25, -0.2) is 5.10 Å². The number of halogens is 1. The van der Waals surface area contributed by atoms with Crippen molar-refractivity contribution in [3.63, 3.8) is 0 Å². The zero-order valence-electron chi connectivity index (χ0n) is 4.68. The number of carbonyl (C=O) groups is 1. The summed E-state index contributed by atoms with van der Waals surface area (Å²) in [6, 6.07) is 0. The third kappa shape index (κ3) is 1.26. The molecule has 0 spiro atoms. The molecule has 0 radical (unpaired) electrons. The van der Waals surface area contributed by atoms with E-state index in [9.17, 15) is 4.79 Å². The van der Waals surface area contributed by atoms with Gasteiger partial charge in [0.25, 0.3) is 0 Å². The number of carbonyl (C=O) groups excluding carboxylic acids is 1. The van der Waals surface area contributed by atoms with Gasteiger partial charge in [0.05, 0.1) is 0 Å². The van der Waals surface area contributed by atoms with Crippen LogP contribution in [0.3, 0.4) is 0 Å². The number of hydrogen-bond acceptors (Lipinski definition) is 3. The molecule has 0 saturated carbocycles. The predicted octanol–water partition coefficient (Wildman–Crippen LogP) is 0.661. The van der Waals surface area contributed by atoms with Crippen molar-refractivity contribution in [3.8, 4) is 0 Å². The monoisotopic (exact) mass is 145 g/mol. The Kier molecular flexibility index (Phi) is 1.48. The van der Waals surface area contributed by atoms with E-state index in [0.717, 1.165) is 0 Å². The van der Waals surface area contributed by atoms with Gasteiger partial charge < -0.3 is 0 Å². The molecule has 0 unspecified atom stereocenters. The lowest BCUT2D eigenvalue weighted by atomic mass is 10.4. The summed E-state index contributed by atoms with van der Waals surface area (Å²) < 4.78 is 0. The zero-order chi connectivity index (χ0) is 6.85. The van der Waals surface area contributed by atoms with Crippen molar-refractivity contribution in [2.75, 3.05) is 0 Å². The molecule has 0 aliphatic rings. The summed E-state index contributed by atoms with van der Waals surface area (Å²) in [5, 5.41) is 5.97. The van der Waals surface area contributed by atoms with E-state index in [2.05, 4.69) is 15.2 Å². The minimum Gasteiger partial charge on any atom is -0.291 e. The highest BCUT2D eigenvalue weighted by molar-refractivity contribution is 6.28. The van der Waals surface area contributed by atoms with Crippen molar-refractivity contribution in [2.45, 2.75) is 6.92 Å². The molecule has 1 N–H and O–H groups in total. The molecule has 0 bridgehead atoms. The van der Waals surface area contributed by atoms with Crippen molar-refractivity contribution >= 4 is 17.4 Å². The normalized spacial score (nSPS) is 9.56. The number of ketones is 1. The lowest BCUT2D eigenvalue weighted by Crippen LogP contribution is -1.93. The van der Waals surface area contributed by atoms with E-state index in [-0.39, 0.29) is 16.9 Å². The van der Waals surface area contributed by atoms with Gasteiger partial charge in [-0.05, 0) is 11.6 Å². The van der Waals surface area contributed by atoms with Crippen LogP contribution in [0.5, 0.6) is 0 Å². The van der Waals surface area contributed by atoms with Crippen molar-refractivity contribution in [2.24, 2.45) is 0 Å². The first-order valence-electron chi connectivity index (χ1n) is 2.29. The number of rotatable bonds is 1. The molecule has 1 rings (SSSR count). The fraction of sp³-hybridized carbons (Fsp3) is 0.250. The lowest BCUT2D eigenvalue weighted by molar-refractivity contribution is 0.100. The van der Waals surface area contributed by atoms with Crippen LogP contribution in [0.2, 0.25) is 5.28 Å². The van der Waals surface area contributed by atoms with E-state index in [0.29, 0.717) is 0 Å². The Balaban J connectivity index is 2.98. The first-order valence-corrected chi connectivity index (χ1v) is 2.67. The Morgan fingerprint density at radius 3 is 2.67 bits per heavy atom. The maximum atomic E-state index is 10.5. The average Bonchev–Trinajstić information content (AvgIpc) is 2.14. The van der Waals surface area contributed by atoms with E-state index < -0.39 is 0 Å². The Bertz CT molecular complexity index is 231. The fourth-order valence-electron chi connectivity index (χ4n) is 0.400. The number of hydrogen-bond donors (Lipinski definition) is 1. The van der Waals surface area contributed by atoms with E-state index in [1.54, 1.807) is 0 Å². The Labute approximate surface area is 56.2 Å². The second-order valence-corrected chi connectivity index (χ2v) is 1.86. The van der Waals surface area contributed by atoms with Crippen LogP contribution >= 0.6 is 11.6 Å². The Morgan fingerprint density at radius 2 is 2.44 bits per heavy atom. The third-order valence-corrected chi connectivity index (χ3v) is 0.942. The van der Waals surface area contributed by atoms with Crippen LogP contribution in [0, 0.1) is 0 Å². The number of Topliss-reactive ketones (excluding diaryl/α,β-unsaturated/α-hetero) is 1. The number of nitrogens with zero attached hydrogens (tertiary/aromatic N) is 2. The number of H-pyrrole nitrogens is 1. The molecule has 0 atom stereocenters. The largest absolute Gasteiger partial charge is 0.291 e. The van der Waals surface area contributed by atoms with Crippen molar-refractivity contribution in [1.82, 2.24) is 15.2 Å². The average molecular weight is 146 g/mol. The molecular formula is C4H4ClN3O. The first-order chi connectivity index (χ1) is 4.20. The Morgan fingerprint density at radius 1 is 1.78 bits per heavy atom. The van der Waals surface area contributed by atoms with Crippen molar-refractivity contribution in [1.29, 1.82) is 0 Å². The van der Waals surface area contributed by atoms with Crippen LogP contribution in [0.4, 0.5) is 0 Å². The van der Waals surface area contributed by atoms with E-state index in [1.807, 2.05) is 0 Å². The van der Waals surface area contributed by atoms with Gasteiger partial charge in [0.2, 0.25) is 11.1 Å². The molecule has 0 saturated heterocycles. The van der Waals surface area contributed by atoms with Gasteiger partial charge in [-0.3, -0.25) is 4.79 Å². The van der Waals surface area contributed by atoms with Gasteiger partial charge in [0, 0.05) is 6.92 Å². The highest BCUT2D eigenvalue weighted by Crippen LogP contribution is 1.98. The molecule has 1 aromatic heterocycles. The molecular weight excluding hydrogens is 142 g/mol. The minimum atomic E-state index is -0.196. The Hall–Kier alpha value is -0.900. The minimum absolute atomic E-state index is 0.125. The summed E-state index contributed by atoms with van der Waals surface area (Å²) in [4.78, 5) is 14.0.